The standard InChI is InChI=1S/C17H14N2O2/c1-21-15-7-4-12(5-8-15)2-3-13-6-9-16-14(10-13)11-18-19-17(16)20/h2-11H,1H3,(H,19,20)/b3-2+. The van der Waals surface area contributed by atoms with E-state index in [1.807, 2.05) is 54.6 Å². The predicted octanol–water partition coefficient (Wildman–Crippen LogP) is 3.10. The van der Waals surface area contributed by atoms with Crippen LogP contribution in [0.4, 0.5) is 0 Å². The maximum Gasteiger partial charge on any atom is 0.272 e. The van der Waals surface area contributed by atoms with Gasteiger partial charge in [-0.05, 0) is 35.4 Å². The third kappa shape index (κ3) is 2.84. The molecule has 0 unspecified atom stereocenters. The van der Waals surface area contributed by atoms with E-state index >= 15 is 0 Å². The Hall–Kier alpha value is -2.88. The summed E-state index contributed by atoms with van der Waals surface area (Å²) in [7, 11) is 1.65. The van der Waals surface area contributed by atoms with Crippen LogP contribution in [0.3, 0.4) is 0 Å². The first kappa shape index (κ1) is 13.1. The molecular formula is C17H14N2O2. The number of rotatable bonds is 3. The van der Waals surface area contributed by atoms with Crippen molar-refractivity contribution in [2.24, 2.45) is 0 Å². The highest BCUT2D eigenvalue weighted by Crippen LogP contribution is 2.16. The lowest BCUT2D eigenvalue weighted by Gasteiger charge is -2.00. The Morgan fingerprint density at radius 3 is 2.52 bits per heavy atom. The lowest BCUT2D eigenvalue weighted by Crippen LogP contribution is -2.06. The largest absolute Gasteiger partial charge is 0.497 e. The molecule has 21 heavy (non-hydrogen) atoms. The molecule has 1 N–H and O–H groups in total. The average Bonchev–Trinajstić information content (AvgIpc) is 2.53. The highest BCUT2D eigenvalue weighted by Gasteiger charge is 1.98. The fourth-order valence-corrected chi connectivity index (χ4v) is 2.13. The third-order valence-electron chi connectivity index (χ3n) is 3.27. The summed E-state index contributed by atoms with van der Waals surface area (Å²) in [6.07, 6.45) is 5.67. The molecule has 4 nitrogen and oxygen atoms in total. The van der Waals surface area contributed by atoms with Crippen LogP contribution in [0.15, 0.2) is 53.5 Å². The van der Waals surface area contributed by atoms with E-state index in [9.17, 15) is 4.79 Å². The maximum absolute atomic E-state index is 11.6. The minimum absolute atomic E-state index is 0.168. The Morgan fingerprint density at radius 2 is 1.76 bits per heavy atom. The van der Waals surface area contributed by atoms with E-state index in [0.717, 1.165) is 22.3 Å². The zero-order valence-corrected chi connectivity index (χ0v) is 11.5. The molecule has 2 aromatic carbocycles. The van der Waals surface area contributed by atoms with E-state index in [0.29, 0.717) is 5.39 Å². The molecule has 0 aliphatic heterocycles. The Balaban J connectivity index is 1.90. The topological polar surface area (TPSA) is 55.0 Å². The van der Waals surface area contributed by atoms with Crippen LogP contribution in [0.25, 0.3) is 22.9 Å². The van der Waals surface area contributed by atoms with E-state index in [1.165, 1.54) is 0 Å². The molecule has 0 saturated carbocycles. The van der Waals surface area contributed by atoms with Crippen LogP contribution in [0, 0.1) is 0 Å². The SMILES string of the molecule is COc1ccc(/C=C/c2ccc3c(=O)[nH]ncc3c2)cc1. The van der Waals surface area contributed by atoms with Gasteiger partial charge in [-0.25, -0.2) is 5.10 Å². The number of ether oxygens (including phenoxy) is 1. The molecule has 1 heterocycles. The van der Waals surface area contributed by atoms with Crippen molar-refractivity contribution >= 4 is 22.9 Å². The number of hydrogen-bond acceptors (Lipinski definition) is 3. The molecule has 0 saturated heterocycles. The van der Waals surface area contributed by atoms with Gasteiger partial charge in [0.15, 0.2) is 0 Å². The van der Waals surface area contributed by atoms with Crippen LogP contribution in [0.2, 0.25) is 0 Å². The molecule has 104 valence electrons. The van der Waals surface area contributed by atoms with Gasteiger partial charge in [-0.15, -0.1) is 0 Å². The van der Waals surface area contributed by atoms with Gasteiger partial charge in [-0.1, -0.05) is 30.4 Å². The van der Waals surface area contributed by atoms with Crippen molar-refractivity contribution in [3.05, 3.63) is 70.1 Å². The molecular weight excluding hydrogens is 264 g/mol. The molecule has 0 aliphatic carbocycles. The quantitative estimate of drug-likeness (QED) is 0.749. The van der Waals surface area contributed by atoms with Crippen molar-refractivity contribution in [1.29, 1.82) is 0 Å². The van der Waals surface area contributed by atoms with Crippen LogP contribution >= 0.6 is 0 Å². The second-order valence-corrected chi connectivity index (χ2v) is 4.65. The minimum Gasteiger partial charge on any atom is -0.497 e. The number of benzene rings is 2. The van der Waals surface area contributed by atoms with Crippen molar-refractivity contribution in [3.8, 4) is 5.75 Å². The first-order valence-electron chi connectivity index (χ1n) is 6.56. The van der Waals surface area contributed by atoms with Gasteiger partial charge < -0.3 is 4.74 Å². The van der Waals surface area contributed by atoms with Gasteiger partial charge in [-0.3, -0.25) is 4.79 Å². The molecule has 0 fully saturated rings. The molecule has 0 amide bonds. The monoisotopic (exact) mass is 278 g/mol. The first-order valence-corrected chi connectivity index (χ1v) is 6.56. The Kier molecular flexibility index (Phi) is 3.51. The molecule has 0 radical (unpaired) electrons. The predicted molar refractivity (Wildman–Crippen MR) is 84.3 cm³/mol. The number of nitrogens with zero attached hydrogens (tertiary/aromatic N) is 1. The third-order valence-corrected chi connectivity index (χ3v) is 3.27. The molecule has 1 aromatic heterocycles. The molecule has 3 aromatic rings. The van der Waals surface area contributed by atoms with Crippen LogP contribution < -0.4 is 10.3 Å². The molecule has 0 spiro atoms. The molecule has 4 heteroatoms. The summed E-state index contributed by atoms with van der Waals surface area (Å²) >= 11 is 0. The number of aromatic amines is 1. The van der Waals surface area contributed by atoms with Crippen molar-refractivity contribution in [3.63, 3.8) is 0 Å². The molecule has 0 atom stereocenters. The first-order chi connectivity index (χ1) is 10.3. The van der Waals surface area contributed by atoms with E-state index in [2.05, 4.69) is 10.2 Å². The average molecular weight is 278 g/mol. The maximum atomic E-state index is 11.6. The van der Waals surface area contributed by atoms with Crippen LogP contribution in [-0.2, 0) is 0 Å². The van der Waals surface area contributed by atoms with Gasteiger partial charge in [0.25, 0.3) is 5.56 Å². The molecule has 3 rings (SSSR count). The summed E-state index contributed by atoms with van der Waals surface area (Å²) in [4.78, 5) is 11.6. The summed E-state index contributed by atoms with van der Waals surface area (Å²) in [6, 6.07) is 13.5. The van der Waals surface area contributed by atoms with Crippen LogP contribution in [0.5, 0.6) is 5.75 Å². The van der Waals surface area contributed by atoms with Gasteiger partial charge in [0.05, 0.1) is 18.7 Å². The lowest BCUT2D eigenvalue weighted by molar-refractivity contribution is 0.415. The van der Waals surface area contributed by atoms with Crippen LogP contribution in [-0.4, -0.2) is 17.3 Å². The van der Waals surface area contributed by atoms with Gasteiger partial charge in [-0.2, -0.15) is 5.10 Å². The van der Waals surface area contributed by atoms with E-state index in [1.54, 1.807) is 13.3 Å². The Bertz CT molecular complexity index is 849. The number of aromatic nitrogens is 2. The van der Waals surface area contributed by atoms with E-state index in [4.69, 9.17) is 4.74 Å². The second kappa shape index (κ2) is 5.63. The summed E-state index contributed by atoms with van der Waals surface area (Å²) in [6.45, 7) is 0. The summed E-state index contributed by atoms with van der Waals surface area (Å²) < 4.78 is 5.13. The number of methoxy groups -OCH3 is 1. The van der Waals surface area contributed by atoms with Gasteiger partial charge in [0.1, 0.15) is 5.75 Å². The summed E-state index contributed by atoms with van der Waals surface area (Å²) in [5, 5.41) is 7.72. The van der Waals surface area contributed by atoms with Gasteiger partial charge in [0.2, 0.25) is 0 Å². The summed E-state index contributed by atoms with van der Waals surface area (Å²) in [5.74, 6) is 0.836. The fraction of sp³-hybridized carbons (Fsp3) is 0.0588. The normalized spacial score (nSPS) is 11.1. The van der Waals surface area contributed by atoms with Gasteiger partial charge >= 0.3 is 0 Å². The molecule has 0 bridgehead atoms. The highest BCUT2D eigenvalue weighted by atomic mass is 16.5. The second-order valence-electron chi connectivity index (χ2n) is 4.65. The van der Waals surface area contributed by atoms with Crippen molar-refractivity contribution < 1.29 is 4.74 Å². The number of hydrogen-bond donors (Lipinski definition) is 1. The van der Waals surface area contributed by atoms with E-state index < -0.39 is 0 Å². The van der Waals surface area contributed by atoms with E-state index in [-0.39, 0.29) is 5.56 Å². The van der Waals surface area contributed by atoms with Crippen molar-refractivity contribution in [2.75, 3.05) is 7.11 Å². The number of H-pyrrole nitrogens is 1. The number of fused-ring (bicyclic) bond motifs is 1. The summed E-state index contributed by atoms with van der Waals surface area (Å²) in [5.41, 5.74) is 1.93. The minimum atomic E-state index is -0.168. The lowest BCUT2D eigenvalue weighted by atomic mass is 10.1. The van der Waals surface area contributed by atoms with Gasteiger partial charge in [0, 0.05) is 5.39 Å². The fourth-order valence-electron chi connectivity index (χ4n) is 2.13. The smallest absolute Gasteiger partial charge is 0.272 e. The zero-order chi connectivity index (χ0) is 14.7. The van der Waals surface area contributed by atoms with Crippen LogP contribution in [0.1, 0.15) is 11.1 Å². The molecule has 0 aliphatic rings. The van der Waals surface area contributed by atoms with Crippen molar-refractivity contribution in [2.45, 2.75) is 0 Å². The highest BCUT2D eigenvalue weighted by molar-refractivity contribution is 5.84. The van der Waals surface area contributed by atoms with Crippen molar-refractivity contribution in [1.82, 2.24) is 10.2 Å². The number of nitrogens with one attached hydrogen (secondary N) is 1. The Morgan fingerprint density at radius 1 is 1.05 bits per heavy atom. The zero-order valence-electron chi connectivity index (χ0n) is 11.5. The Labute approximate surface area is 121 Å².